The molecule has 0 heterocycles. The Morgan fingerprint density at radius 3 is 1.90 bits per heavy atom. The number of nitro groups is 1. The molecule has 1 N–H and O–H groups in total. The lowest BCUT2D eigenvalue weighted by Crippen LogP contribution is -2.37. The third kappa shape index (κ3) is 3.71. The second-order valence-electron chi connectivity index (χ2n) is 5.78. The zero-order chi connectivity index (χ0) is 15.8. The molecule has 0 unspecified atom stereocenters. The van der Waals surface area contributed by atoms with E-state index in [4.69, 9.17) is 0 Å². The molecule has 0 fully saturated rings. The van der Waals surface area contributed by atoms with Gasteiger partial charge < -0.3 is 0 Å². The minimum Gasteiger partial charge on any atom is -0.258 e. The Kier molecular flexibility index (Phi) is 4.52. The third-order valence-corrected chi connectivity index (χ3v) is 9.71. The van der Waals surface area contributed by atoms with E-state index in [2.05, 4.69) is 4.13 Å². The van der Waals surface area contributed by atoms with Gasteiger partial charge in [-0.2, -0.15) is 14.3 Å². The third-order valence-electron chi connectivity index (χ3n) is 3.21. The molecule has 20 heavy (non-hydrogen) atoms. The van der Waals surface area contributed by atoms with Crippen LogP contribution in [0, 0.1) is 10.1 Å². The quantitative estimate of drug-likeness (QED) is 0.682. The van der Waals surface area contributed by atoms with E-state index >= 15 is 0 Å². The van der Waals surface area contributed by atoms with Crippen molar-refractivity contribution in [2.24, 2.45) is 0 Å². The first-order valence-corrected chi connectivity index (χ1v) is 9.81. The van der Waals surface area contributed by atoms with Gasteiger partial charge in [0.15, 0.2) is 0 Å². The van der Waals surface area contributed by atoms with Crippen LogP contribution in [-0.4, -0.2) is 30.6 Å². The van der Waals surface area contributed by atoms with Gasteiger partial charge in [-0.15, -0.1) is 0 Å². The van der Waals surface area contributed by atoms with Crippen LogP contribution in [0.4, 0.5) is 5.69 Å². The molecule has 0 spiro atoms. The predicted octanol–water partition coefficient (Wildman–Crippen LogP) is 2.65. The Morgan fingerprint density at radius 2 is 1.55 bits per heavy atom. The van der Waals surface area contributed by atoms with E-state index in [0.717, 1.165) is 0 Å². The van der Waals surface area contributed by atoms with Crippen LogP contribution >= 0.6 is 10.2 Å². The molecule has 0 radical (unpaired) electrons. The van der Waals surface area contributed by atoms with Gasteiger partial charge in [0.1, 0.15) is 0 Å². The van der Waals surface area contributed by atoms with Gasteiger partial charge in [0.2, 0.25) is 10.0 Å². The number of benzene rings is 1. The average Bonchev–Trinajstić information content (AvgIpc) is 2.26. The first-order chi connectivity index (χ1) is 8.87. The smallest absolute Gasteiger partial charge is 0.258 e. The van der Waals surface area contributed by atoms with Crippen molar-refractivity contribution >= 4 is 25.9 Å². The normalized spacial score (nSPS) is 14.1. The van der Waals surface area contributed by atoms with E-state index in [1.807, 2.05) is 33.3 Å². The number of non-ortho nitro benzene ring substituents is 1. The maximum Gasteiger partial charge on any atom is 0.269 e. The summed E-state index contributed by atoms with van der Waals surface area (Å²) in [6.45, 7) is 5.92. The standard InChI is InChI=1S/C12H20N2O4S2/c1-12(2,3)19(4,5)13-20(17,18)11-8-6-10(7-9-11)14(15)16/h6-9,13H,1-5H3. The van der Waals surface area contributed by atoms with Crippen LogP contribution in [0.15, 0.2) is 29.2 Å². The lowest BCUT2D eigenvalue weighted by atomic mass is 10.3. The van der Waals surface area contributed by atoms with Crippen molar-refractivity contribution in [2.45, 2.75) is 30.4 Å². The zero-order valence-corrected chi connectivity index (χ0v) is 13.8. The average molecular weight is 320 g/mol. The molecule has 0 aliphatic carbocycles. The minimum absolute atomic E-state index is 0.0351. The Hall–Kier alpha value is -1.12. The van der Waals surface area contributed by atoms with Crippen molar-refractivity contribution in [2.75, 3.05) is 12.5 Å². The molecule has 8 heteroatoms. The van der Waals surface area contributed by atoms with Crippen molar-refractivity contribution in [1.82, 2.24) is 4.13 Å². The summed E-state index contributed by atoms with van der Waals surface area (Å²) in [5.41, 5.74) is -0.133. The molecule has 0 aliphatic rings. The lowest BCUT2D eigenvalue weighted by molar-refractivity contribution is -0.384. The van der Waals surface area contributed by atoms with Crippen molar-refractivity contribution in [3.05, 3.63) is 34.4 Å². The summed E-state index contributed by atoms with van der Waals surface area (Å²) in [6.07, 6.45) is 3.77. The lowest BCUT2D eigenvalue weighted by Gasteiger charge is -2.44. The summed E-state index contributed by atoms with van der Waals surface area (Å²) in [4.78, 5) is 10.0. The second kappa shape index (κ2) is 5.34. The van der Waals surface area contributed by atoms with Gasteiger partial charge in [-0.3, -0.25) is 10.1 Å². The maximum atomic E-state index is 12.3. The topological polar surface area (TPSA) is 89.3 Å². The number of nitrogens with zero attached hydrogens (tertiary/aromatic N) is 1. The van der Waals surface area contributed by atoms with Gasteiger partial charge in [-0.25, -0.2) is 8.42 Å². The van der Waals surface area contributed by atoms with Gasteiger partial charge in [-0.05, 0) is 24.6 Å². The molecule has 0 saturated carbocycles. The van der Waals surface area contributed by atoms with Gasteiger partial charge in [-0.1, -0.05) is 20.8 Å². The van der Waals surface area contributed by atoms with Crippen LogP contribution in [0.3, 0.4) is 0 Å². The fraction of sp³-hybridized carbons (Fsp3) is 0.500. The maximum absolute atomic E-state index is 12.3. The van der Waals surface area contributed by atoms with Crippen molar-refractivity contribution in [1.29, 1.82) is 0 Å². The Morgan fingerprint density at radius 1 is 1.10 bits per heavy atom. The van der Waals surface area contributed by atoms with E-state index in [-0.39, 0.29) is 15.3 Å². The van der Waals surface area contributed by atoms with Crippen LogP contribution in [0.2, 0.25) is 0 Å². The molecule has 0 bridgehead atoms. The minimum atomic E-state index is -3.68. The van der Waals surface area contributed by atoms with Gasteiger partial charge in [0, 0.05) is 16.9 Å². The van der Waals surface area contributed by atoms with Gasteiger partial charge in [0.05, 0.1) is 9.82 Å². The molecule has 1 rings (SSSR count). The SMILES string of the molecule is CC(C)(C)S(C)(C)NS(=O)(=O)c1ccc([N+](=O)[O-])cc1. The van der Waals surface area contributed by atoms with Crippen LogP contribution in [0.5, 0.6) is 0 Å². The van der Waals surface area contributed by atoms with Crippen molar-refractivity contribution in [3.63, 3.8) is 0 Å². The predicted molar refractivity (Wildman–Crippen MR) is 82.6 cm³/mol. The molecule has 0 atom stereocenters. The highest BCUT2D eigenvalue weighted by Gasteiger charge is 2.32. The molecule has 1 aromatic carbocycles. The summed E-state index contributed by atoms with van der Waals surface area (Å²) >= 11 is 0. The summed E-state index contributed by atoms with van der Waals surface area (Å²) in [5.74, 6) is 0. The highest BCUT2D eigenvalue weighted by molar-refractivity contribution is 8.36. The van der Waals surface area contributed by atoms with Crippen molar-refractivity contribution < 1.29 is 13.3 Å². The fourth-order valence-electron chi connectivity index (χ4n) is 1.19. The molecule has 114 valence electrons. The Labute approximate surface area is 121 Å². The number of hydrogen-bond donors (Lipinski definition) is 1. The van der Waals surface area contributed by atoms with E-state index in [1.165, 1.54) is 24.3 Å². The van der Waals surface area contributed by atoms with Gasteiger partial charge >= 0.3 is 0 Å². The molecule has 0 saturated heterocycles. The summed E-state index contributed by atoms with van der Waals surface area (Å²) in [5, 5.41) is 10.6. The van der Waals surface area contributed by atoms with E-state index < -0.39 is 25.2 Å². The molecular formula is C12H20N2O4S2. The molecular weight excluding hydrogens is 300 g/mol. The highest BCUT2D eigenvalue weighted by atomic mass is 32.3. The van der Waals surface area contributed by atoms with E-state index in [1.54, 1.807) is 0 Å². The largest absolute Gasteiger partial charge is 0.269 e. The molecule has 1 aromatic rings. The molecule has 0 amide bonds. The number of nitro benzene ring substituents is 1. The summed E-state index contributed by atoms with van der Waals surface area (Å²) in [7, 11) is -5.28. The van der Waals surface area contributed by atoms with E-state index in [9.17, 15) is 18.5 Å². The summed E-state index contributed by atoms with van der Waals surface area (Å²) in [6, 6.07) is 4.87. The number of hydrogen-bond acceptors (Lipinski definition) is 4. The number of rotatable bonds is 4. The first kappa shape index (κ1) is 16.9. The summed E-state index contributed by atoms with van der Waals surface area (Å²) < 4.78 is 27.2. The van der Waals surface area contributed by atoms with Gasteiger partial charge in [0.25, 0.3) is 5.69 Å². The van der Waals surface area contributed by atoms with Crippen LogP contribution in [0.25, 0.3) is 0 Å². The number of sulfonamides is 1. The fourth-order valence-corrected chi connectivity index (χ4v) is 5.27. The molecule has 0 aromatic heterocycles. The number of nitrogens with one attached hydrogen (secondary N) is 1. The zero-order valence-electron chi connectivity index (χ0n) is 12.2. The molecule has 0 aliphatic heterocycles. The first-order valence-electron chi connectivity index (χ1n) is 5.88. The Bertz CT molecular complexity index is 601. The van der Waals surface area contributed by atoms with E-state index in [0.29, 0.717) is 0 Å². The second-order valence-corrected chi connectivity index (χ2v) is 11.8. The van der Waals surface area contributed by atoms with Crippen molar-refractivity contribution in [3.8, 4) is 0 Å². The Balaban J connectivity index is 3.09. The van der Waals surface area contributed by atoms with Crippen LogP contribution in [-0.2, 0) is 10.0 Å². The van der Waals surface area contributed by atoms with Crippen LogP contribution < -0.4 is 4.13 Å². The highest BCUT2D eigenvalue weighted by Crippen LogP contribution is 2.50. The monoisotopic (exact) mass is 320 g/mol. The molecule has 6 nitrogen and oxygen atoms in total. The van der Waals surface area contributed by atoms with Crippen LogP contribution in [0.1, 0.15) is 20.8 Å².